The van der Waals surface area contributed by atoms with E-state index >= 15 is 0 Å². The molecule has 0 aliphatic carbocycles. The molecule has 2 N–H and O–H groups in total. The smallest absolute Gasteiger partial charge is 0.405 e. The normalized spacial score (nSPS) is 13.3. The summed E-state index contributed by atoms with van der Waals surface area (Å²) in [7, 11) is 1.63. The molecule has 3 aromatic heterocycles. The average Bonchev–Trinajstić information content (AvgIpc) is 3.39. The number of amides is 1. The highest BCUT2D eigenvalue weighted by Gasteiger charge is 2.34. The van der Waals surface area contributed by atoms with Crippen molar-refractivity contribution >= 4 is 6.09 Å². The zero-order valence-corrected chi connectivity index (χ0v) is 21.8. The van der Waals surface area contributed by atoms with E-state index in [1.165, 1.54) is 0 Å². The Kier molecular flexibility index (Phi) is 6.98. The van der Waals surface area contributed by atoms with Crippen LogP contribution in [-0.4, -0.2) is 38.4 Å². The zero-order valence-electron chi connectivity index (χ0n) is 21.8. The molecular weight excluding hydrogens is 470 g/mol. The number of nitrogens with one attached hydrogen (secondary N) is 1. The summed E-state index contributed by atoms with van der Waals surface area (Å²) in [5.74, 6) is 1.49. The Morgan fingerprint density at radius 1 is 1.00 bits per heavy atom. The third kappa shape index (κ3) is 5.16. The van der Waals surface area contributed by atoms with Crippen molar-refractivity contribution in [2.45, 2.75) is 45.6 Å². The van der Waals surface area contributed by atoms with Gasteiger partial charge in [0.25, 0.3) is 5.89 Å². The van der Waals surface area contributed by atoms with Gasteiger partial charge in [-0.2, -0.15) is 4.98 Å². The lowest BCUT2D eigenvalue weighted by Gasteiger charge is -2.34. The van der Waals surface area contributed by atoms with Crippen LogP contribution >= 0.6 is 0 Å². The van der Waals surface area contributed by atoms with Crippen LogP contribution in [0.5, 0.6) is 5.75 Å². The van der Waals surface area contributed by atoms with Gasteiger partial charge in [0, 0.05) is 28.9 Å². The van der Waals surface area contributed by atoms with Crippen LogP contribution in [0.4, 0.5) is 4.79 Å². The van der Waals surface area contributed by atoms with Gasteiger partial charge in [-0.25, -0.2) is 4.79 Å². The number of methoxy groups -OCH3 is 1. The van der Waals surface area contributed by atoms with E-state index in [2.05, 4.69) is 65.5 Å². The van der Waals surface area contributed by atoms with Crippen molar-refractivity contribution in [2.24, 2.45) is 5.92 Å². The Bertz CT molecular complexity index is 1380. The van der Waals surface area contributed by atoms with Gasteiger partial charge in [0.1, 0.15) is 11.3 Å². The lowest BCUT2D eigenvalue weighted by molar-refractivity contribution is 0.173. The first kappa shape index (κ1) is 25.8. The van der Waals surface area contributed by atoms with E-state index in [1.807, 2.05) is 24.4 Å². The SMILES string of the molecule is COc1cncc(-c2ccc(C(C)(c3ccc(-c4noc(C(C)(C)NC(=O)O)n4)cn3)C(C)C)cc2)c1. The number of nitrogens with zero attached hydrogens (tertiary/aromatic N) is 4. The highest BCUT2D eigenvalue weighted by molar-refractivity contribution is 5.66. The molecule has 0 bridgehead atoms. The summed E-state index contributed by atoms with van der Waals surface area (Å²) in [5, 5.41) is 15.5. The maximum absolute atomic E-state index is 11.1. The third-order valence-electron chi connectivity index (χ3n) is 6.86. The molecule has 0 saturated carbocycles. The summed E-state index contributed by atoms with van der Waals surface area (Å²) in [6.07, 6.45) is 4.06. The minimum absolute atomic E-state index is 0.173. The van der Waals surface area contributed by atoms with Crippen molar-refractivity contribution in [2.75, 3.05) is 7.11 Å². The van der Waals surface area contributed by atoms with Crippen LogP contribution in [0.3, 0.4) is 0 Å². The van der Waals surface area contributed by atoms with Crippen molar-refractivity contribution in [3.8, 4) is 28.3 Å². The second-order valence-corrected chi connectivity index (χ2v) is 9.96. The number of carbonyl (C=O) groups is 1. The molecule has 4 aromatic rings. The Balaban J connectivity index is 1.62. The van der Waals surface area contributed by atoms with Crippen LogP contribution in [0.15, 0.2) is 65.6 Å². The van der Waals surface area contributed by atoms with Gasteiger partial charge in [-0.1, -0.05) is 43.3 Å². The number of carboxylic acid groups (broad SMARTS) is 1. The molecule has 0 aliphatic rings. The molecule has 1 atom stereocenters. The number of hydrogen-bond acceptors (Lipinski definition) is 7. The Morgan fingerprint density at radius 2 is 1.70 bits per heavy atom. The highest BCUT2D eigenvalue weighted by atomic mass is 16.5. The van der Waals surface area contributed by atoms with E-state index in [-0.39, 0.29) is 17.2 Å². The van der Waals surface area contributed by atoms with Crippen LogP contribution in [0.2, 0.25) is 0 Å². The molecule has 192 valence electrons. The zero-order chi connectivity index (χ0) is 26.8. The highest BCUT2D eigenvalue weighted by Crippen LogP contribution is 2.39. The molecule has 1 aromatic carbocycles. The topological polar surface area (TPSA) is 123 Å². The van der Waals surface area contributed by atoms with Gasteiger partial charge in [0.05, 0.1) is 19.0 Å². The van der Waals surface area contributed by atoms with E-state index in [0.29, 0.717) is 17.1 Å². The quantitative estimate of drug-likeness (QED) is 0.317. The summed E-state index contributed by atoms with van der Waals surface area (Å²) >= 11 is 0. The molecule has 3 heterocycles. The number of hydrogen-bond donors (Lipinski definition) is 2. The van der Waals surface area contributed by atoms with Gasteiger partial charge < -0.3 is 19.7 Å². The van der Waals surface area contributed by atoms with Gasteiger partial charge in [-0.15, -0.1) is 0 Å². The minimum Gasteiger partial charge on any atom is -0.495 e. The van der Waals surface area contributed by atoms with Gasteiger partial charge in [-0.05, 0) is 56.0 Å². The molecule has 4 rings (SSSR count). The van der Waals surface area contributed by atoms with Crippen LogP contribution in [-0.2, 0) is 11.0 Å². The summed E-state index contributed by atoms with van der Waals surface area (Å²) in [5.41, 5.74) is 3.41. The van der Waals surface area contributed by atoms with Crippen LogP contribution < -0.4 is 10.1 Å². The Morgan fingerprint density at radius 3 is 2.30 bits per heavy atom. The largest absolute Gasteiger partial charge is 0.495 e. The van der Waals surface area contributed by atoms with Gasteiger partial charge in [-0.3, -0.25) is 9.97 Å². The van der Waals surface area contributed by atoms with Crippen molar-refractivity contribution < 1.29 is 19.2 Å². The first-order valence-corrected chi connectivity index (χ1v) is 12.0. The van der Waals surface area contributed by atoms with Crippen molar-refractivity contribution in [3.05, 3.63) is 78.2 Å². The summed E-state index contributed by atoms with van der Waals surface area (Å²) in [6, 6.07) is 14.3. The van der Waals surface area contributed by atoms with Gasteiger partial charge in [0.15, 0.2) is 0 Å². The number of rotatable bonds is 8. The second-order valence-electron chi connectivity index (χ2n) is 9.96. The molecular formula is C28H31N5O4. The summed E-state index contributed by atoms with van der Waals surface area (Å²) in [4.78, 5) is 24.5. The minimum atomic E-state index is -1.17. The van der Waals surface area contributed by atoms with Crippen molar-refractivity contribution in [3.63, 3.8) is 0 Å². The predicted octanol–water partition coefficient (Wildman–Crippen LogP) is 5.67. The molecule has 9 nitrogen and oxygen atoms in total. The molecule has 0 fully saturated rings. The second kappa shape index (κ2) is 10.0. The monoisotopic (exact) mass is 501 g/mol. The van der Waals surface area contributed by atoms with Crippen molar-refractivity contribution in [1.82, 2.24) is 25.4 Å². The maximum atomic E-state index is 11.1. The first-order chi connectivity index (χ1) is 17.5. The number of pyridine rings is 2. The van der Waals surface area contributed by atoms with Gasteiger partial charge in [0.2, 0.25) is 5.82 Å². The number of benzene rings is 1. The maximum Gasteiger partial charge on any atom is 0.405 e. The van der Waals surface area contributed by atoms with Crippen LogP contribution in [0.25, 0.3) is 22.5 Å². The predicted molar refractivity (Wildman–Crippen MR) is 139 cm³/mol. The molecule has 9 heteroatoms. The van der Waals surface area contributed by atoms with Gasteiger partial charge >= 0.3 is 6.09 Å². The Labute approximate surface area is 215 Å². The lowest BCUT2D eigenvalue weighted by atomic mass is 9.70. The summed E-state index contributed by atoms with van der Waals surface area (Å²) < 4.78 is 10.6. The lowest BCUT2D eigenvalue weighted by Crippen LogP contribution is -2.40. The molecule has 0 spiro atoms. The van der Waals surface area contributed by atoms with Crippen molar-refractivity contribution in [1.29, 1.82) is 0 Å². The molecule has 0 radical (unpaired) electrons. The van der Waals surface area contributed by atoms with Crippen LogP contribution in [0.1, 0.15) is 51.8 Å². The van der Waals surface area contributed by atoms with E-state index in [0.717, 1.165) is 22.4 Å². The molecule has 1 amide bonds. The van der Waals surface area contributed by atoms with E-state index in [4.69, 9.17) is 19.4 Å². The van der Waals surface area contributed by atoms with Crippen LogP contribution in [0, 0.1) is 5.92 Å². The molecule has 1 unspecified atom stereocenters. The number of aromatic nitrogens is 4. The molecule has 0 aliphatic heterocycles. The average molecular weight is 502 g/mol. The number of ether oxygens (including phenoxy) is 1. The van der Waals surface area contributed by atoms with E-state index < -0.39 is 11.6 Å². The first-order valence-electron chi connectivity index (χ1n) is 12.0. The molecule has 0 saturated heterocycles. The third-order valence-corrected chi connectivity index (χ3v) is 6.86. The fourth-order valence-corrected chi connectivity index (χ4v) is 4.22. The summed E-state index contributed by atoms with van der Waals surface area (Å²) in [6.45, 7) is 9.86. The molecule has 37 heavy (non-hydrogen) atoms. The van der Waals surface area contributed by atoms with E-state index in [9.17, 15) is 4.79 Å². The van der Waals surface area contributed by atoms with E-state index in [1.54, 1.807) is 33.4 Å². The fourth-order valence-electron chi connectivity index (χ4n) is 4.22. The fraction of sp³-hybridized carbons (Fsp3) is 0.321. The standard InChI is InChI=1S/C28H31N5O4/c1-17(2)28(5,21-10-7-18(8-11-21)20-13-22(36-6)16-29-14-20)23-12-9-19(15-30-23)24-31-25(37-33-24)27(3,4)32-26(34)35/h7-17,32H,1-6H3,(H,34,35). The Hall–Kier alpha value is -4.27.